The number of sulfonamides is 1. The Morgan fingerprint density at radius 3 is 2.25 bits per heavy atom. The highest BCUT2D eigenvalue weighted by atomic mass is 79.9. The zero-order valence-corrected chi connectivity index (χ0v) is 18.5. The van der Waals surface area contributed by atoms with Crippen molar-refractivity contribution in [1.82, 2.24) is 10.0 Å². The Kier molecular flexibility index (Phi) is 8.03. The number of rotatable bonds is 9. The van der Waals surface area contributed by atoms with Crippen LogP contribution < -0.4 is 14.8 Å². The SMILES string of the molecule is CC[C@H](C)NS(=O)(=O)c1ccc(OCC(=O)N[C@@H](C)c2ccc(Br)cc2)cc1. The summed E-state index contributed by atoms with van der Waals surface area (Å²) >= 11 is 3.38. The Morgan fingerprint density at radius 2 is 1.68 bits per heavy atom. The van der Waals surface area contributed by atoms with E-state index in [1.54, 1.807) is 0 Å². The summed E-state index contributed by atoms with van der Waals surface area (Å²) in [7, 11) is -3.56. The van der Waals surface area contributed by atoms with Crippen molar-refractivity contribution in [3.8, 4) is 5.75 Å². The fraction of sp³-hybridized carbons (Fsp3) is 0.350. The number of benzene rings is 2. The first-order chi connectivity index (χ1) is 13.2. The molecule has 152 valence electrons. The van der Waals surface area contributed by atoms with Gasteiger partial charge in [-0.25, -0.2) is 13.1 Å². The summed E-state index contributed by atoms with van der Waals surface area (Å²) < 4.78 is 33.5. The minimum atomic E-state index is -3.56. The number of carbonyl (C=O) groups excluding carboxylic acids is 1. The maximum absolute atomic E-state index is 12.2. The van der Waals surface area contributed by atoms with E-state index in [1.807, 2.05) is 45.0 Å². The molecule has 2 aromatic carbocycles. The molecule has 2 rings (SSSR count). The third kappa shape index (κ3) is 6.61. The monoisotopic (exact) mass is 468 g/mol. The summed E-state index contributed by atoms with van der Waals surface area (Å²) in [6, 6.07) is 13.4. The normalized spacial score (nSPS) is 13.6. The van der Waals surface area contributed by atoms with Gasteiger partial charge >= 0.3 is 0 Å². The van der Waals surface area contributed by atoms with Crippen LogP contribution in [0.25, 0.3) is 0 Å². The smallest absolute Gasteiger partial charge is 0.258 e. The predicted molar refractivity (Wildman–Crippen MR) is 113 cm³/mol. The van der Waals surface area contributed by atoms with Crippen LogP contribution in [-0.2, 0) is 14.8 Å². The average molecular weight is 469 g/mol. The lowest BCUT2D eigenvalue weighted by atomic mass is 10.1. The van der Waals surface area contributed by atoms with E-state index in [0.717, 1.165) is 10.0 Å². The lowest BCUT2D eigenvalue weighted by Gasteiger charge is -2.15. The Labute approximate surface area is 174 Å². The van der Waals surface area contributed by atoms with Crippen molar-refractivity contribution in [2.45, 2.75) is 44.2 Å². The van der Waals surface area contributed by atoms with Gasteiger partial charge in [0.25, 0.3) is 5.91 Å². The zero-order chi connectivity index (χ0) is 20.7. The van der Waals surface area contributed by atoms with Crippen LogP contribution in [0.15, 0.2) is 57.9 Å². The maximum Gasteiger partial charge on any atom is 0.258 e. The van der Waals surface area contributed by atoms with Crippen LogP contribution in [0.2, 0.25) is 0 Å². The third-order valence-electron chi connectivity index (χ3n) is 4.22. The molecule has 0 saturated heterocycles. The molecule has 6 nitrogen and oxygen atoms in total. The van der Waals surface area contributed by atoms with Crippen LogP contribution in [-0.4, -0.2) is 27.0 Å². The molecule has 0 aliphatic carbocycles. The van der Waals surface area contributed by atoms with Crippen molar-refractivity contribution in [3.63, 3.8) is 0 Å². The lowest BCUT2D eigenvalue weighted by molar-refractivity contribution is -0.123. The second-order valence-electron chi connectivity index (χ2n) is 6.53. The van der Waals surface area contributed by atoms with Gasteiger partial charge in [-0.15, -0.1) is 0 Å². The van der Waals surface area contributed by atoms with E-state index in [2.05, 4.69) is 26.0 Å². The summed E-state index contributed by atoms with van der Waals surface area (Å²) in [5, 5.41) is 2.86. The fourth-order valence-electron chi connectivity index (χ4n) is 2.40. The highest BCUT2D eigenvalue weighted by Gasteiger charge is 2.16. The number of amides is 1. The molecule has 0 bridgehead atoms. The summed E-state index contributed by atoms with van der Waals surface area (Å²) in [5.74, 6) is 0.166. The molecule has 0 aliphatic heterocycles. The summed E-state index contributed by atoms with van der Waals surface area (Å²) in [6.45, 7) is 5.46. The molecule has 2 N–H and O–H groups in total. The summed E-state index contributed by atoms with van der Waals surface area (Å²) in [4.78, 5) is 12.3. The van der Waals surface area contributed by atoms with Crippen molar-refractivity contribution in [1.29, 1.82) is 0 Å². The minimum Gasteiger partial charge on any atom is -0.484 e. The third-order valence-corrected chi connectivity index (χ3v) is 6.35. The molecule has 2 atom stereocenters. The van der Waals surface area contributed by atoms with Gasteiger partial charge in [-0.1, -0.05) is 35.0 Å². The van der Waals surface area contributed by atoms with Gasteiger partial charge in [-0.05, 0) is 62.2 Å². The van der Waals surface area contributed by atoms with E-state index >= 15 is 0 Å². The number of hydrogen-bond donors (Lipinski definition) is 2. The van der Waals surface area contributed by atoms with E-state index in [9.17, 15) is 13.2 Å². The molecule has 0 heterocycles. The van der Waals surface area contributed by atoms with Crippen LogP contribution in [0.4, 0.5) is 0 Å². The van der Waals surface area contributed by atoms with E-state index < -0.39 is 10.0 Å². The molecule has 0 unspecified atom stereocenters. The van der Waals surface area contributed by atoms with Crippen LogP contribution in [0, 0.1) is 0 Å². The van der Waals surface area contributed by atoms with E-state index in [0.29, 0.717) is 12.2 Å². The molecular formula is C20H25BrN2O4S. The van der Waals surface area contributed by atoms with Crippen molar-refractivity contribution < 1.29 is 17.9 Å². The molecule has 0 saturated carbocycles. The number of carbonyl (C=O) groups is 1. The molecule has 0 aliphatic rings. The second-order valence-corrected chi connectivity index (χ2v) is 9.16. The minimum absolute atomic E-state index is 0.141. The Bertz CT molecular complexity index is 883. The standard InChI is InChI=1S/C20H25BrN2O4S/c1-4-14(2)23-28(25,26)19-11-9-18(10-12-19)27-13-20(24)22-15(3)16-5-7-17(21)8-6-16/h5-12,14-15,23H,4,13H2,1-3H3,(H,22,24)/t14-,15-/m0/s1. The maximum atomic E-state index is 12.2. The number of hydrogen-bond acceptors (Lipinski definition) is 4. The molecule has 0 fully saturated rings. The number of ether oxygens (including phenoxy) is 1. The van der Waals surface area contributed by atoms with E-state index in [1.165, 1.54) is 24.3 Å². The van der Waals surface area contributed by atoms with Crippen LogP contribution >= 0.6 is 15.9 Å². The van der Waals surface area contributed by atoms with Gasteiger partial charge in [-0.3, -0.25) is 4.79 Å². The van der Waals surface area contributed by atoms with Crippen molar-refractivity contribution >= 4 is 31.9 Å². The Balaban J connectivity index is 1.88. The quantitative estimate of drug-likeness (QED) is 0.586. The van der Waals surface area contributed by atoms with Gasteiger partial charge in [-0.2, -0.15) is 0 Å². The first-order valence-corrected chi connectivity index (χ1v) is 11.3. The first kappa shape index (κ1) is 22.4. The first-order valence-electron chi connectivity index (χ1n) is 9.01. The van der Waals surface area contributed by atoms with Gasteiger partial charge in [0.05, 0.1) is 10.9 Å². The van der Waals surface area contributed by atoms with Gasteiger partial charge in [0.1, 0.15) is 5.75 Å². The largest absolute Gasteiger partial charge is 0.484 e. The molecule has 8 heteroatoms. The molecular weight excluding hydrogens is 444 g/mol. The lowest BCUT2D eigenvalue weighted by Crippen LogP contribution is -2.32. The zero-order valence-electron chi connectivity index (χ0n) is 16.1. The van der Waals surface area contributed by atoms with Crippen molar-refractivity contribution in [2.75, 3.05) is 6.61 Å². The van der Waals surface area contributed by atoms with E-state index in [4.69, 9.17) is 4.74 Å². The highest BCUT2D eigenvalue weighted by molar-refractivity contribution is 9.10. The summed E-state index contributed by atoms with van der Waals surface area (Å²) in [5.41, 5.74) is 0.986. The van der Waals surface area contributed by atoms with Crippen molar-refractivity contribution in [2.24, 2.45) is 0 Å². The Morgan fingerprint density at radius 1 is 1.07 bits per heavy atom. The topological polar surface area (TPSA) is 84.5 Å². The fourth-order valence-corrected chi connectivity index (χ4v) is 3.99. The van der Waals surface area contributed by atoms with Crippen LogP contribution in [0.1, 0.15) is 38.8 Å². The Hall–Kier alpha value is -1.90. The molecule has 0 spiro atoms. The molecule has 28 heavy (non-hydrogen) atoms. The van der Waals surface area contributed by atoms with Crippen LogP contribution in [0.3, 0.4) is 0 Å². The van der Waals surface area contributed by atoms with Crippen molar-refractivity contribution in [3.05, 3.63) is 58.6 Å². The van der Waals surface area contributed by atoms with E-state index in [-0.39, 0.29) is 29.5 Å². The molecule has 1 amide bonds. The molecule has 2 aromatic rings. The molecule has 0 radical (unpaired) electrons. The van der Waals surface area contributed by atoms with Gasteiger partial charge in [0.15, 0.2) is 6.61 Å². The van der Waals surface area contributed by atoms with Gasteiger partial charge < -0.3 is 10.1 Å². The predicted octanol–water partition coefficient (Wildman–Crippen LogP) is 3.78. The van der Waals surface area contributed by atoms with Crippen LogP contribution in [0.5, 0.6) is 5.75 Å². The van der Waals surface area contributed by atoms with Gasteiger partial charge in [0, 0.05) is 10.5 Å². The average Bonchev–Trinajstić information content (AvgIpc) is 2.66. The number of nitrogens with one attached hydrogen (secondary N) is 2. The molecule has 0 aromatic heterocycles. The van der Waals surface area contributed by atoms with Gasteiger partial charge in [0.2, 0.25) is 10.0 Å². The number of halogens is 1. The highest BCUT2D eigenvalue weighted by Crippen LogP contribution is 2.18. The summed E-state index contributed by atoms with van der Waals surface area (Å²) in [6.07, 6.45) is 0.703. The second kappa shape index (κ2) is 10.0.